The van der Waals surface area contributed by atoms with E-state index in [2.05, 4.69) is 10.6 Å². The third-order valence-corrected chi connectivity index (χ3v) is 2.46. The molecule has 2 aromatic carbocycles. The van der Waals surface area contributed by atoms with Gasteiger partial charge in [-0.15, -0.1) is 0 Å². The summed E-state index contributed by atoms with van der Waals surface area (Å²) in [6.45, 7) is 0. The number of nitrogens with one attached hydrogen (secondary N) is 2. The molecule has 3 nitrogen and oxygen atoms in total. The van der Waals surface area contributed by atoms with E-state index in [0.717, 1.165) is 0 Å². The van der Waals surface area contributed by atoms with Gasteiger partial charge in [0.15, 0.2) is 5.11 Å². The smallest absolute Gasteiger partial charge is 0.175 e. The molecule has 0 spiro atoms. The van der Waals surface area contributed by atoms with Gasteiger partial charge in [-0.25, -0.2) is 4.39 Å². The Balaban J connectivity index is 2.01. The fourth-order valence-corrected chi connectivity index (χ4v) is 1.63. The van der Waals surface area contributed by atoms with E-state index in [1.807, 2.05) is 0 Å². The van der Waals surface area contributed by atoms with Gasteiger partial charge in [-0.05, 0) is 48.6 Å². The highest BCUT2D eigenvalue weighted by atomic mass is 32.1. The predicted molar refractivity (Wildman–Crippen MR) is 74.4 cm³/mol. The first kappa shape index (κ1) is 12.3. The van der Waals surface area contributed by atoms with Crippen LogP contribution >= 0.6 is 12.2 Å². The summed E-state index contributed by atoms with van der Waals surface area (Å²) in [5.41, 5.74) is 1.18. The van der Waals surface area contributed by atoms with Crippen LogP contribution in [0.4, 0.5) is 15.8 Å². The Morgan fingerprint density at radius 1 is 1.00 bits per heavy atom. The standard InChI is InChI=1S/C13H11FN2OS/c14-9-5-7-10(8-6-9)15-13(18)16-11-3-1-2-4-12(11)17/h1-8,17H,(H2,15,16,18). The second kappa shape index (κ2) is 5.46. The molecule has 0 radical (unpaired) electrons. The Bertz CT molecular complexity index is 557. The van der Waals surface area contributed by atoms with Crippen molar-refractivity contribution in [3.8, 4) is 5.75 Å². The Hall–Kier alpha value is -2.14. The molecule has 0 aromatic heterocycles. The average Bonchev–Trinajstić information content (AvgIpc) is 2.35. The van der Waals surface area contributed by atoms with Gasteiger partial charge in [0, 0.05) is 5.69 Å². The molecule has 0 aliphatic rings. The molecule has 92 valence electrons. The summed E-state index contributed by atoms with van der Waals surface area (Å²) < 4.78 is 12.7. The molecular weight excluding hydrogens is 251 g/mol. The number of aromatic hydroxyl groups is 1. The van der Waals surface area contributed by atoms with Crippen LogP contribution in [0.2, 0.25) is 0 Å². The molecule has 0 fully saturated rings. The van der Waals surface area contributed by atoms with Crippen molar-refractivity contribution < 1.29 is 9.50 Å². The zero-order valence-electron chi connectivity index (χ0n) is 9.35. The monoisotopic (exact) mass is 262 g/mol. The highest BCUT2D eigenvalue weighted by molar-refractivity contribution is 7.80. The molecule has 0 aliphatic carbocycles. The van der Waals surface area contributed by atoms with E-state index in [0.29, 0.717) is 16.5 Å². The molecule has 0 atom stereocenters. The molecule has 18 heavy (non-hydrogen) atoms. The summed E-state index contributed by atoms with van der Waals surface area (Å²) in [6.07, 6.45) is 0. The Morgan fingerprint density at radius 2 is 1.67 bits per heavy atom. The molecule has 2 rings (SSSR count). The zero-order valence-corrected chi connectivity index (χ0v) is 10.2. The summed E-state index contributed by atoms with van der Waals surface area (Å²) in [7, 11) is 0. The van der Waals surface area contributed by atoms with Crippen molar-refractivity contribution in [2.45, 2.75) is 0 Å². The lowest BCUT2D eigenvalue weighted by Crippen LogP contribution is -2.19. The van der Waals surface area contributed by atoms with Crippen LogP contribution in [-0.4, -0.2) is 10.2 Å². The molecule has 2 aromatic rings. The number of thiocarbonyl (C=S) groups is 1. The number of hydrogen-bond acceptors (Lipinski definition) is 2. The lowest BCUT2D eigenvalue weighted by Gasteiger charge is -2.11. The number of halogens is 1. The number of para-hydroxylation sites is 2. The minimum atomic E-state index is -0.305. The summed E-state index contributed by atoms with van der Waals surface area (Å²) in [4.78, 5) is 0. The number of rotatable bonds is 2. The maximum atomic E-state index is 12.7. The molecule has 0 unspecified atom stereocenters. The van der Waals surface area contributed by atoms with Crippen LogP contribution in [0.3, 0.4) is 0 Å². The van der Waals surface area contributed by atoms with E-state index in [9.17, 15) is 9.50 Å². The van der Waals surface area contributed by atoms with E-state index in [-0.39, 0.29) is 11.6 Å². The van der Waals surface area contributed by atoms with E-state index in [1.54, 1.807) is 36.4 Å². The number of phenolic OH excluding ortho intramolecular Hbond substituents is 1. The van der Waals surface area contributed by atoms with Crippen LogP contribution in [0.5, 0.6) is 5.75 Å². The quantitative estimate of drug-likeness (QED) is 0.573. The second-order valence-electron chi connectivity index (χ2n) is 3.60. The first-order valence-corrected chi connectivity index (χ1v) is 5.67. The van der Waals surface area contributed by atoms with Crippen molar-refractivity contribution in [1.82, 2.24) is 0 Å². The first-order valence-electron chi connectivity index (χ1n) is 5.27. The van der Waals surface area contributed by atoms with Gasteiger partial charge in [0.2, 0.25) is 0 Å². The van der Waals surface area contributed by atoms with Crippen LogP contribution in [0.25, 0.3) is 0 Å². The first-order chi connectivity index (χ1) is 8.65. The van der Waals surface area contributed by atoms with Crippen LogP contribution in [0.15, 0.2) is 48.5 Å². The van der Waals surface area contributed by atoms with Gasteiger partial charge in [0.1, 0.15) is 11.6 Å². The molecule has 0 amide bonds. The van der Waals surface area contributed by atoms with Crippen LogP contribution in [0, 0.1) is 5.82 Å². The molecule has 0 bridgehead atoms. The molecule has 3 N–H and O–H groups in total. The zero-order chi connectivity index (χ0) is 13.0. The summed E-state index contributed by atoms with van der Waals surface area (Å²) in [5.74, 6) is -0.194. The third-order valence-electron chi connectivity index (χ3n) is 2.25. The van der Waals surface area contributed by atoms with Crippen LogP contribution < -0.4 is 10.6 Å². The van der Waals surface area contributed by atoms with Crippen molar-refractivity contribution in [2.75, 3.05) is 10.6 Å². The SMILES string of the molecule is Oc1ccccc1NC(=S)Nc1ccc(F)cc1. The van der Waals surface area contributed by atoms with Gasteiger partial charge in [-0.3, -0.25) is 0 Å². The van der Waals surface area contributed by atoms with Crippen molar-refractivity contribution in [3.63, 3.8) is 0 Å². The lowest BCUT2D eigenvalue weighted by atomic mass is 10.3. The van der Waals surface area contributed by atoms with Gasteiger partial charge < -0.3 is 15.7 Å². The summed E-state index contributed by atoms with van der Waals surface area (Å²) in [5, 5.41) is 15.6. The van der Waals surface area contributed by atoms with E-state index in [4.69, 9.17) is 12.2 Å². The predicted octanol–water partition coefficient (Wildman–Crippen LogP) is 3.34. The van der Waals surface area contributed by atoms with E-state index in [1.165, 1.54) is 12.1 Å². The molecular formula is C13H11FN2OS. The number of benzene rings is 2. The van der Waals surface area contributed by atoms with Crippen LogP contribution in [0.1, 0.15) is 0 Å². The highest BCUT2D eigenvalue weighted by Crippen LogP contribution is 2.21. The number of phenols is 1. The van der Waals surface area contributed by atoms with Crippen molar-refractivity contribution in [3.05, 3.63) is 54.3 Å². The Kier molecular flexibility index (Phi) is 3.74. The lowest BCUT2D eigenvalue weighted by molar-refractivity contribution is 0.478. The van der Waals surface area contributed by atoms with E-state index >= 15 is 0 Å². The fraction of sp³-hybridized carbons (Fsp3) is 0. The van der Waals surface area contributed by atoms with Crippen molar-refractivity contribution in [1.29, 1.82) is 0 Å². The minimum absolute atomic E-state index is 0.112. The maximum absolute atomic E-state index is 12.7. The Labute approximate surface area is 109 Å². The largest absolute Gasteiger partial charge is 0.506 e. The van der Waals surface area contributed by atoms with Gasteiger partial charge in [-0.1, -0.05) is 12.1 Å². The topological polar surface area (TPSA) is 44.3 Å². The van der Waals surface area contributed by atoms with Crippen molar-refractivity contribution >= 4 is 28.7 Å². The average molecular weight is 262 g/mol. The molecule has 0 aliphatic heterocycles. The second-order valence-corrected chi connectivity index (χ2v) is 4.01. The minimum Gasteiger partial charge on any atom is -0.506 e. The Morgan fingerprint density at radius 3 is 2.33 bits per heavy atom. The number of hydrogen-bond donors (Lipinski definition) is 3. The van der Waals surface area contributed by atoms with Gasteiger partial charge >= 0.3 is 0 Å². The highest BCUT2D eigenvalue weighted by Gasteiger charge is 2.02. The summed E-state index contributed by atoms with van der Waals surface area (Å²) >= 11 is 5.08. The van der Waals surface area contributed by atoms with E-state index < -0.39 is 0 Å². The maximum Gasteiger partial charge on any atom is 0.175 e. The fourth-order valence-electron chi connectivity index (χ4n) is 1.40. The molecule has 5 heteroatoms. The van der Waals surface area contributed by atoms with Crippen LogP contribution in [-0.2, 0) is 0 Å². The van der Waals surface area contributed by atoms with Crippen molar-refractivity contribution in [2.24, 2.45) is 0 Å². The molecule has 0 saturated carbocycles. The van der Waals surface area contributed by atoms with Gasteiger partial charge in [0.25, 0.3) is 0 Å². The normalized spacial score (nSPS) is 9.83. The van der Waals surface area contributed by atoms with Gasteiger partial charge in [-0.2, -0.15) is 0 Å². The molecule has 0 saturated heterocycles. The molecule has 0 heterocycles. The number of anilines is 2. The summed E-state index contributed by atoms with van der Waals surface area (Å²) in [6, 6.07) is 12.6. The third kappa shape index (κ3) is 3.18. The van der Waals surface area contributed by atoms with Gasteiger partial charge in [0.05, 0.1) is 5.69 Å².